The molecule has 8 nitrogen and oxygen atoms in total. The summed E-state index contributed by atoms with van der Waals surface area (Å²) in [5.74, 6) is -0.510. The second-order valence-corrected chi connectivity index (χ2v) is 12.8. The SMILES string of the molecule is CCCCN(CCCC)S(=O)(=O)c1ccc(C(=O)NCCN2CCN(c3nc4c(F)cccc4s3)CC2)cc1. The van der Waals surface area contributed by atoms with Gasteiger partial charge in [0.25, 0.3) is 5.91 Å². The van der Waals surface area contributed by atoms with Gasteiger partial charge in [-0.15, -0.1) is 0 Å². The molecule has 0 unspecified atom stereocenters. The van der Waals surface area contributed by atoms with Gasteiger partial charge in [0.05, 0.1) is 9.60 Å². The molecule has 0 radical (unpaired) electrons. The Hall–Kier alpha value is -2.60. The third-order valence-electron chi connectivity index (χ3n) is 6.99. The standard InChI is InChI=1S/C28H38FN5O3S2/c1-3-5-15-34(16-6-4-2)39(36,37)23-12-10-22(11-13-23)27(35)30-14-17-32-18-20-33(21-19-32)28-31-26-24(29)8-7-9-25(26)38-28/h7-13H,3-6,14-21H2,1-2H3,(H,30,35). The third kappa shape index (κ3) is 7.33. The second-order valence-electron chi connectivity index (χ2n) is 9.80. The highest BCUT2D eigenvalue weighted by Gasteiger charge is 2.24. The van der Waals surface area contributed by atoms with Crippen molar-refractivity contribution in [2.75, 3.05) is 57.3 Å². The first-order chi connectivity index (χ1) is 18.8. The Balaban J connectivity index is 1.24. The molecule has 0 saturated carbocycles. The largest absolute Gasteiger partial charge is 0.351 e. The molecule has 0 spiro atoms. The fraction of sp³-hybridized carbons (Fsp3) is 0.500. The van der Waals surface area contributed by atoms with Crippen molar-refractivity contribution in [2.45, 2.75) is 44.4 Å². The number of hydrogen-bond acceptors (Lipinski definition) is 7. The van der Waals surface area contributed by atoms with Crippen LogP contribution in [0.4, 0.5) is 9.52 Å². The molecule has 11 heteroatoms. The lowest BCUT2D eigenvalue weighted by atomic mass is 10.2. The van der Waals surface area contributed by atoms with E-state index in [-0.39, 0.29) is 16.6 Å². The van der Waals surface area contributed by atoms with E-state index in [1.807, 2.05) is 19.9 Å². The lowest BCUT2D eigenvalue weighted by molar-refractivity contribution is 0.0947. The van der Waals surface area contributed by atoms with Gasteiger partial charge in [-0.05, 0) is 49.2 Å². The van der Waals surface area contributed by atoms with Crippen LogP contribution in [0.25, 0.3) is 10.2 Å². The number of sulfonamides is 1. The van der Waals surface area contributed by atoms with E-state index < -0.39 is 10.0 Å². The lowest BCUT2D eigenvalue weighted by Crippen LogP contribution is -2.48. The number of benzene rings is 2. The van der Waals surface area contributed by atoms with E-state index in [1.54, 1.807) is 22.5 Å². The maximum Gasteiger partial charge on any atom is 0.251 e. The van der Waals surface area contributed by atoms with Gasteiger partial charge in [-0.3, -0.25) is 9.69 Å². The Morgan fingerprint density at radius 3 is 2.31 bits per heavy atom. The van der Waals surface area contributed by atoms with Gasteiger partial charge in [-0.2, -0.15) is 4.31 Å². The fourth-order valence-corrected chi connectivity index (χ4v) is 7.13. The van der Waals surface area contributed by atoms with Crippen LogP contribution in [0.15, 0.2) is 47.4 Å². The first kappa shape index (κ1) is 29.4. The molecule has 4 rings (SSSR count). The van der Waals surface area contributed by atoms with Gasteiger partial charge in [0.1, 0.15) is 11.3 Å². The Labute approximate surface area is 234 Å². The molecule has 212 valence electrons. The number of piperazine rings is 1. The van der Waals surface area contributed by atoms with Gasteiger partial charge >= 0.3 is 0 Å². The predicted molar refractivity (Wildman–Crippen MR) is 156 cm³/mol. The monoisotopic (exact) mass is 575 g/mol. The smallest absolute Gasteiger partial charge is 0.251 e. The number of unbranched alkanes of at least 4 members (excludes halogenated alkanes) is 2. The number of thiazole rings is 1. The lowest BCUT2D eigenvalue weighted by Gasteiger charge is -2.34. The quantitative estimate of drug-likeness (QED) is 0.321. The molecular weight excluding hydrogens is 537 g/mol. The number of para-hydroxylation sites is 1. The molecule has 1 saturated heterocycles. The Kier molecular flexibility index (Phi) is 10.3. The summed E-state index contributed by atoms with van der Waals surface area (Å²) < 4.78 is 42.7. The van der Waals surface area contributed by atoms with Crippen LogP contribution in [0, 0.1) is 5.82 Å². The Morgan fingerprint density at radius 2 is 1.69 bits per heavy atom. The summed E-state index contributed by atoms with van der Waals surface area (Å²) in [6, 6.07) is 11.3. The minimum atomic E-state index is -3.59. The molecule has 1 amide bonds. The van der Waals surface area contributed by atoms with Crippen molar-refractivity contribution in [3.63, 3.8) is 0 Å². The van der Waals surface area contributed by atoms with E-state index in [1.165, 1.54) is 29.5 Å². The summed E-state index contributed by atoms with van der Waals surface area (Å²) in [5.41, 5.74) is 0.870. The molecule has 0 aliphatic carbocycles. The van der Waals surface area contributed by atoms with E-state index in [0.29, 0.717) is 37.3 Å². The topological polar surface area (TPSA) is 85.8 Å². The van der Waals surface area contributed by atoms with Crippen molar-refractivity contribution in [1.29, 1.82) is 0 Å². The average Bonchev–Trinajstić information content (AvgIpc) is 3.39. The highest BCUT2D eigenvalue weighted by molar-refractivity contribution is 7.89. The van der Waals surface area contributed by atoms with Gasteiger partial charge < -0.3 is 10.2 Å². The molecule has 3 aromatic rings. The molecule has 1 fully saturated rings. The molecule has 0 bridgehead atoms. The van der Waals surface area contributed by atoms with Gasteiger partial charge in [0.15, 0.2) is 5.13 Å². The maximum absolute atomic E-state index is 14.0. The molecule has 2 aromatic carbocycles. The van der Waals surface area contributed by atoms with Crippen LogP contribution in [-0.4, -0.2) is 80.9 Å². The number of carbonyl (C=O) groups excluding carboxylic acids is 1. The Morgan fingerprint density at radius 1 is 1.03 bits per heavy atom. The van der Waals surface area contributed by atoms with Crippen molar-refractivity contribution in [2.24, 2.45) is 0 Å². The molecule has 1 aliphatic rings. The number of nitrogens with zero attached hydrogens (tertiary/aromatic N) is 4. The van der Waals surface area contributed by atoms with Gasteiger partial charge in [-0.1, -0.05) is 44.1 Å². The molecular formula is C28H38FN5O3S2. The first-order valence-electron chi connectivity index (χ1n) is 13.7. The Bertz CT molecular complexity index is 1330. The van der Waals surface area contributed by atoms with Crippen LogP contribution in [0.3, 0.4) is 0 Å². The maximum atomic E-state index is 14.0. The number of nitrogens with one attached hydrogen (secondary N) is 1. The number of rotatable bonds is 13. The number of hydrogen-bond donors (Lipinski definition) is 1. The molecule has 0 atom stereocenters. The molecule has 1 aliphatic heterocycles. The van der Waals surface area contributed by atoms with Crippen LogP contribution in [0.5, 0.6) is 0 Å². The zero-order valence-corrected chi connectivity index (χ0v) is 24.4. The van der Waals surface area contributed by atoms with E-state index >= 15 is 0 Å². The van der Waals surface area contributed by atoms with Crippen LogP contribution < -0.4 is 10.2 Å². The first-order valence-corrected chi connectivity index (χ1v) is 16.0. The van der Waals surface area contributed by atoms with Crippen LogP contribution in [0.2, 0.25) is 0 Å². The van der Waals surface area contributed by atoms with Crippen molar-refractivity contribution >= 4 is 42.6 Å². The fourth-order valence-electron chi connectivity index (χ4n) is 4.58. The zero-order valence-electron chi connectivity index (χ0n) is 22.7. The molecule has 1 aromatic heterocycles. The number of anilines is 1. The van der Waals surface area contributed by atoms with Crippen molar-refractivity contribution in [3.05, 3.63) is 53.8 Å². The third-order valence-corrected chi connectivity index (χ3v) is 9.99. The van der Waals surface area contributed by atoms with Crippen LogP contribution >= 0.6 is 11.3 Å². The van der Waals surface area contributed by atoms with Crippen molar-refractivity contribution in [1.82, 2.24) is 19.5 Å². The van der Waals surface area contributed by atoms with Gasteiger partial charge in [0, 0.05) is 57.9 Å². The number of amides is 1. The van der Waals surface area contributed by atoms with E-state index in [9.17, 15) is 17.6 Å². The van der Waals surface area contributed by atoms with Crippen LogP contribution in [0.1, 0.15) is 49.9 Å². The predicted octanol–water partition coefficient (Wildman–Crippen LogP) is 4.58. The second kappa shape index (κ2) is 13.6. The number of fused-ring (bicyclic) bond motifs is 1. The van der Waals surface area contributed by atoms with E-state index in [4.69, 9.17) is 0 Å². The minimum Gasteiger partial charge on any atom is -0.351 e. The highest BCUT2D eigenvalue weighted by Crippen LogP contribution is 2.30. The summed E-state index contributed by atoms with van der Waals surface area (Å²) in [6.07, 6.45) is 3.50. The number of carbonyl (C=O) groups is 1. The van der Waals surface area contributed by atoms with Gasteiger partial charge in [0.2, 0.25) is 10.0 Å². The minimum absolute atomic E-state index is 0.220. The summed E-state index contributed by atoms with van der Waals surface area (Å²) in [7, 11) is -3.59. The molecule has 39 heavy (non-hydrogen) atoms. The summed E-state index contributed by atoms with van der Waals surface area (Å²) in [5, 5.41) is 3.78. The molecule has 2 heterocycles. The highest BCUT2D eigenvalue weighted by atomic mass is 32.2. The van der Waals surface area contributed by atoms with Crippen molar-refractivity contribution in [3.8, 4) is 0 Å². The van der Waals surface area contributed by atoms with Crippen LogP contribution in [-0.2, 0) is 10.0 Å². The van der Waals surface area contributed by atoms with E-state index in [0.717, 1.165) is 61.7 Å². The molecule has 1 N–H and O–H groups in total. The summed E-state index contributed by atoms with van der Waals surface area (Å²) >= 11 is 1.51. The van der Waals surface area contributed by atoms with Crippen molar-refractivity contribution < 1.29 is 17.6 Å². The summed E-state index contributed by atoms with van der Waals surface area (Å²) in [4.78, 5) is 21.9. The van der Waals surface area contributed by atoms with Gasteiger partial charge in [-0.25, -0.2) is 17.8 Å². The average molecular weight is 576 g/mol. The van der Waals surface area contributed by atoms with E-state index in [2.05, 4.69) is 20.1 Å². The normalized spacial score (nSPS) is 14.8. The number of halogens is 1. The number of aromatic nitrogens is 1. The summed E-state index contributed by atoms with van der Waals surface area (Å²) in [6.45, 7) is 9.55. The zero-order chi connectivity index (χ0) is 27.8.